The fraction of sp³-hybridized carbons (Fsp3) is 0.417. The van der Waals surface area contributed by atoms with Gasteiger partial charge in [-0.1, -0.05) is 25.4 Å². The third-order valence-electron chi connectivity index (χ3n) is 2.01. The molecule has 0 fully saturated rings. The van der Waals surface area contributed by atoms with E-state index in [1.165, 1.54) is 0 Å². The largest absolute Gasteiger partial charge is 0.380 e. The summed E-state index contributed by atoms with van der Waals surface area (Å²) in [5.41, 5.74) is 2.89. The number of ether oxygens (including phenoxy) is 1. The van der Waals surface area contributed by atoms with Crippen molar-refractivity contribution in [3.63, 3.8) is 0 Å². The van der Waals surface area contributed by atoms with Gasteiger partial charge in [0.25, 0.3) is 0 Å². The quantitative estimate of drug-likeness (QED) is 0.804. The Balaban J connectivity index is 0.000000606. The minimum atomic E-state index is 0.528. The summed E-state index contributed by atoms with van der Waals surface area (Å²) in [6.45, 7) is 6.48. The lowest BCUT2D eigenvalue weighted by molar-refractivity contribution is 0.185. The Hall–Kier alpha value is -1.06. The maximum Gasteiger partial charge on any atom is 0.142 e. The van der Waals surface area contributed by atoms with Crippen molar-refractivity contribution in [1.82, 2.24) is 9.38 Å². The van der Waals surface area contributed by atoms with E-state index in [-0.39, 0.29) is 0 Å². The molecule has 0 saturated carbocycles. The molecule has 0 bridgehead atoms. The zero-order valence-corrected chi connectivity index (χ0v) is 10.9. The van der Waals surface area contributed by atoms with Gasteiger partial charge in [0.15, 0.2) is 0 Å². The van der Waals surface area contributed by atoms with Crippen LogP contribution in [-0.4, -0.2) is 16.5 Å². The molecule has 0 aliphatic rings. The zero-order chi connectivity index (χ0) is 12.1. The number of halogens is 1. The standard InChI is InChI=1S/C10H11ClN2O.C2H6/c1-7-4-13-5-9(11)3-8(6-14-2)10(13)12-7;1-2/h3-5H,6H2,1-2H3;1-2H3. The van der Waals surface area contributed by atoms with Crippen molar-refractivity contribution in [3.8, 4) is 0 Å². The van der Waals surface area contributed by atoms with E-state index in [2.05, 4.69) is 4.98 Å². The SMILES string of the molecule is CC.COCc1cc(Cl)cn2cc(C)nc12. The minimum absolute atomic E-state index is 0.528. The van der Waals surface area contributed by atoms with Crippen molar-refractivity contribution < 1.29 is 4.74 Å². The second kappa shape index (κ2) is 5.87. The Morgan fingerprint density at radius 1 is 1.38 bits per heavy atom. The van der Waals surface area contributed by atoms with Crippen LogP contribution in [0.3, 0.4) is 0 Å². The molecule has 0 radical (unpaired) electrons. The summed E-state index contributed by atoms with van der Waals surface area (Å²) >= 11 is 5.96. The van der Waals surface area contributed by atoms with E-state index >= 15 is 0 Å². The first-order chi connectivity index (χ1) is 7.70. The Morgan fingerprint density at radius 3 is 2.69 bits per heavy atom. The highest BCUT2D eigenvalue weighted by molar-refractivity contribution is 6.30. The Bertz CT molecular complexity index is 465. The van der Waals surface area contributed by atoms with E-state index < -0.39 is 0 Å². The smallest absolute Gasteiger partial charge is 0.142 e. The highest BCUT2D eigenvalue weighted by Gasteiger charge is 2.05. The highest BCUT2D eigenvalue weighted by Crippen LogP contribution is 2.17. The number of imidazole rings is 1. The molecule has 0 amide bonds. The molecule has 3 nitrogen and oxygen atoms in total. The topological polar surface area (TPSA) is 26.5 Å². The summed E-state index contributed by atoms with van der Waals surface area (Å²) in [5, 5.41) is 0.696. The number of rotatable bonds is 2. The molecule has 0 aliphatic heterocycles. The van der Waals surface area contributed by atoms with Crippen LogP contribution >= 0.6 is 11.6 Å². The first kappa shape index (κ1) is 13.0. The molecule has 0 aromatic carbocycles. The van der Waals surface area contributed by atoms with Crippen molar-refractivity contribution in [1.29, 1.82) is 0 Å². The first-order valence-electron chi connectivity index (χ1n) is 5.33. The number of fused-ring (bicyclic) bond motifs is 1. The van der Waals surface area contributed by atoms with E-state index in [0.717, 1.165) is 16.9 Å². The predicted octanol–water partition coefficient (Wildman–Crippen LogP) is 3.47. The van der Waals surface area contributed by atoms with Gasteiger partial charge in [-0.25, -0.2) is 4.98 Å². The summed E-state index contributed by atoms with van der Waals surface area (Å²) in [6.07, 6.45) is 3.79. The lowest BCUT2D eigenvalue weighted by Crippen LogP contribution is -1.94. The van der Waals surface area contributed by atoms with E-state index in [1.54, 1.807) is 7.11 Å². The Kier molecular flexibility index (Phi) is 4.77. The van der Waals surface area contributed by atoms with Gasteiger partial charge in [-0.05, 0) is 13.0 Å². The van der Waals surface area contributed by atoms with Crippen LogP contribution in [0.2, 0.25) is 5.02 Å². The molecular weight excluding hydrogens is 224 g/mol. The lowest BCUT2D eigenvalue weighted by atomic mass is 10.3. The maximum absolute atomic E-state index is 5.96. The molecule has 16 heavy (non-hydrogen) atoms. The number of hydrogen-bond acceptors (Lipinski definition) is 2. The molecular formula is C12H17ClN2O. The number of methoxy groups -OCH3 is 1. The fourth-order valence-electron chi connectivity index (χ4n) is 1.51. The molecule has 0 aliphatic carbocycles. The van der Waals surface area contributed by atoms with Crippen molar-refractivity contribution in [2.45, 2.75) is 27.4 Å². The van der Waals surface area contributed by atoms with Gasteiger partial charge >= 0.3 is 0 Å². The summed E-state index contributed by atoms with van der Waals surface area (Å²) in [5.74, 6) is 0. The van der Waals surface area contributed by atoms with Gasteiger partial charge in [0.1, 0.15) is 5.65 Å². The van der Waals surface area contributed by atoms with Gasteiger partial charge in [-0.15, -0.1) is 0 Å². The van der Waals surface area contributed by atoms with E-state index in [0.29, 0.717) is 11.6 Å². The lowest BCUT2D eigenvalue weighted by Gasteiger charge is -2.02. The van der Waals surface area contributed by atoms with Crippen LogP contribution in [-0.2, 0) is 11.3 Å². The van der Waals surface area contributed by atoms with Crippen molar-refractivity contribution >= 4 is 17.2 Å². The number of pyridine rings is 1. The van der Waals surface area contributed by atoms with Crippen molar-refractivity contribution in [2.75, 3.05) is 7.11 Å². The number of nitrogens with zero attached hydrogens (tertiary/aromatic N) is 2. The summed E-state index contributed by atoms with van der Waals surface area (Å²) in [7, 11) is 1.66. The van der Waals surface area contributed by atoms with Crippen LogP contribution in [0, 0.1) is 6.92 Å². The predicted molar refractivity (Wildman–Crippen MR) is 67.0 cm³/mol. The van der Waals surface area contributed by atoms with Crippen LogP contribution < -0.4 is 0 Å². The summed E-state index contributed by atoms with van der Waals surface area (Å²) in [4.78, 5) is 4.40. The molecule has 2 aromatic rings. The molecule has 0 spiro atoms. The van der Waals surface area contributed by atoms with Gasteiger partial charge in [0.05, 0.1) is 17.3 Å². The molecule has 0 unspecified atom stereocenters. The summed E-state index contributed by atoms with van der Waals surface area (Å²) in [6, 6.07) is 1.88. The van der Waals surface area contributed by atoms with Gasteiger partial charge in [0, 0.05) is 25.1 Å². The van der Waals surface area contributed by atoms with Crippen molar-refractivity contribution in [3.05, 3.63) is 34.7 Å². The van der Waals surface area contributed by atoms with Crippen molar-refractivity contribution in [2.24, 2.45) is 0 Å². The van der Waals surface area contributed by atoms with Gasteiger partial charge < -0.3 is 9.14 Å². The van der Waals surface area contributed by atoms with Gasteiger partial charge in [0.2, 0.25) is 0 Å². The van der Waals surface area contributed by atoms with Crippen LogP contribution in [0.1, 0.15) is 25.1 Å². The Morgan fingerprint density at radius 2 is 2.06 bits per heavy atom. The minimum Gasteiger partial charge on any atom is -0.380 e. The molecule has 2 rings (SSSR count). The van der Waals surface area contributed by atoms with Crippen LogP contribution in [0.5, 0.6) is 0 Å². The number of aromatic nitrogens is 2. The van der Waals surface area contributed by atoms with Crippen LogP contribution in [0.15, 0.2) is 18.5 Å². The molecule has 0 saturated heterocycles. The van der Waals surface area contributed by atoms with E-state index in [9.17, 15) is 0 Å². The van der Waals surface area contributed by atoms with Gasteiger partial charge in [-0.2, -0.15) is 0 Å². The monoisotopic (exact) mass is 240 g/mol. The van der Waals surface area contributed by atoms with E-state index in [4.69, 9.17) is 16.3 Å². The average molecular weight is 241 g/mol. The number of aryl methyl sites for hydroxylation is 1. The van der Waals surface area contributed by atoms with Crippen LogP contribution in [0.4, 0.5) is 0 Å². The number of hydrogen-bond donors (Lipinski definition) is 0. The summed E-state index contributed by atoms with van der Waals surface area (Å²) < 4.78 is 7.01. The molecule has 2 aromatic heterocycles. The normalized spacial score (nSPS) is 10.1. The molecule has 0 atom stereocenters. The molecule has 4 heteroatoms. The van der Waals surface area contributed by atoms with Gasteiger partial charge in [-0.3, -0.25) is 0 Å². The third-order valence-corrected chi connectivity index (χ3v) is 2.22. The van der Waals surface area contributed by atoms with Crippen LogP contribution in [0.25, 0.3) is 5.65 Å². The average Bonchev–Trinajstić information content (AvgIpc) is 2.62. The maximum atomic E-state index is 5.96. The Labute approximate surface area is 101 Å². The van der Waals surface area contributed by atoms with E-state index in [1.807, 2.05) is 43.6 Å². The first-order valence-corrected chi connectivity index (χ1v) is 5.71. The molecule has 0 N–H and O–H groups in total. The fourth-order valence-corrected chi connectivity index (χ4v) is 1.75. The third kappa shape index (κ3) is 2.74. The molecule has 88 valence electrons. The zero-order valence-electron chi connectivity index (χ0n) is 10.1. The highest BCUT2D eigenvalue weighted by atomic mass is 35.5. The molecule has 2 heterocycles. The second-order valence-electron chi connectivity index (χ2n) is 3.23. The second-order valence-corrected chi connectivity index (χ2v) is 3.67.